The van der Waals surface area contributed by atoms with Gasteiger partial charge in [-0.05, 0) is 6.42 Å². The highest BCUT2D eigenvalue weighted by Crippen LogP contribution is 2.10. The molecular weight excluding hydrogens is 216 g/mol. The molecule has 16 heavy (non-hydrogen) atoms. The van der Waals surface area contributed by atoms with Gasteiger partial charge >= 0.3 is 0 Å². The van der Waals surface area contributed by atoms with Crippen LogP contribution in [0.25, 0.3) is 0 Å². The van der Waals surface area contributed by atoms with Gasteiger partial charge in [-0.1, -0.05) is 5.43 Å². The van der Waals surface area contributed by atoms with E-state index in [4.69, 9.17) is 4.74 Å². The molecule has 0 saturated carbocycles. The minimum absolute atomic E-state index is 0.182. The number of nitrogens with one attached hydrogen (secondary N) is 2. The molecule has 0 aromatic rings. The lowest BCUT2D eigenvalue weighted by Crippen LogP contribution is -2.42. The van der Waals surface area contributed by atoms with Gasteiger partial charge in [0.1, 0.15) is 0 Å². The van der Waals surface area contributed by atoms with E-state index in [9.17, 15) is 10.1 Å². The van der Waals surface area contributed by atoms with E-state index in [1.165, 1.54) is 7.05 Å². The van der Waals surface area contributed by atoms with E-state index in [0.717, 1.165) is 13.0 Å². The van der Waals surface area contributed by atoms with Crippen molar-refractivity contribution in [2.24, 2.45) is 22.6 Å². The standard InChI is InChI=1S/C7H14N4O3.H4N2/c1-8-7(10-11(12)13)9-4-6-2-3-14-5-6;1-2/h6H,2-5H2,1H3,(H2,8,9,10);1-2H2. The van der Waals surface area contributed by atoms with Crippen LogP contribution < -0.4 is 22.4 Å². The summed E-state index contributed by atoms with van der Waals surface area (Å²) in [5.41, 5.74) is 1.97. The lowest BCUT2D eigenvalue weighted by molar-refractivity contribution is -0.525. The Kier molecular flexibility index (Phi) is 8.03. The molecule has 0 amide bonds. The lowest BCUT2D eigenvalue weighted by atomic mass is 10.1. The molecule has 1 fully saturated rings. The first-order chi connectivity index (χ1) is 7.72. The van der Waals surface area contributed by atoms with Crippen molar-refractivity contribution < 1.29 is 9.77 Å². The molecule has 9 nitrogen and oxygen atoms in total. The molecule has 1 unspecified atom stereocenters. The first-order valence-electron chi connectivity index (χ1n) is 4.75. The number of nitro groups is 1. The van der Waals surface area contributed by atoms with Crippen LogP contribution in [0.4, 0.5) is 0 Å². The largest absolute Gasteiger partial charge is 0.381 e. The summed E-state index contributed by atoms with van der Waals surface area (Å²) in [6, 6.07) is 0. The molecule has 1 saturated heterocycles. The summed E-state index contributed by atoms with van der Waals surface area (Å²) in [7, 11) is 1.49. The molecule has 1 rings (SSSR count). The molecule has 0 aromatic heterocycles. The maximum Gasteiger partial charge on any atom is 0.253 e. The van der Waals surface area contributed by atoms with Crippen LogP contribution in [-0.4, -0.2) is 37.8 Å². The van der Waals surface area contributed by atoms with Crippen LogP contribution in [0, 0.1) is 16.0 Å². The molecule has 1 heterocycles. The van der Waals surface area contributed by atoms with Crippen molar-refractivity contribution in [1.29, 1.82) is 0 Å². The van der Waals surface area contributed by atoms with E-state index in [1.54, 1.807) is 0 Å². The van der Waals surface area contributed by atoms with Gasteiger partial charge in [0.2, 0.25) is 0 Å². The van der Waals surface area contributed by atoms with E-state index in [2.05, 4.69) is 22.0 Å². The maximum atomic E-state index is 10.1. The minimum atomic E-state index is -0.638. The zero-order valence-corrected chi connectivity index (χ0v) is 9.18. The molecule has 1 aliphatic rings. The van der Waals surface area contributed by atoms with Gasteiger partial charge in [-0.15, -0.1) is 0 Å². The third kappa shape index (κ3) is 6.11. The number of hydrogen-bond acceptors (Lipinski definition) is 6. The molecule has 1 aliphatic heterocycles. The lowest BCUT2D eigenvalue weighted by Gasteiger charge is -2.09. The van der Waals surface area contributed by atoms with E-state index < -0.39 is 5.03 Å². The van der Waals surface area contributed by atoms with Gasteiger partial charge in [-0.3, -0.25) is 16.7 Å². The average molecular weight is 234 g/mol. The topological polar surface area (TPSA) is 141 Å². The quantitative estimate of drug-likeness (QED) is 0.148. The van der Waals surface area contributed by atoms with Crippen molar-refractivity contribution in [2.45, 2.75) is 6.42 Å². The molecule has 6 N–H and O–H groups in total. The zero-order valence-electron chi connectivity index (χ0n) is 9.18. The van der Waals surface area contributed by atoms with Crippen LogP contribution in [0.5, 0.6) is 0 Å². The summed E-state index contributed by atoms with van der Waals surface area (Å²) in [4.78, 5) is 13.8. The third-order valence-electron chi connectivity index (χ3n) is 2.00. The summed E-state index contributed by atoms with van der Waals surface area (Å²) >= 11 is 0. The van der Waals surface area contributed by atoms with Gasteiger partial charge in [-0.25, -0.2) is 10.1 Å². The number of nitrogens with zero attached hydrogens (tertiary/aromatic N) is 2. The van der Waals surface area contributed by atoms with Crippen LogP contribution in [0.1, 0.15) is 6.42 Å². The summed E-state index contributed by atoms with van der Waals surface area (Å²) in [6.45, 7) is 2.13. The van der Waals surface area contributed by atoms with Crippen LogP contribution in [0.2, 0.25) is 0 Å². The van der Waals surface area contributed by atoms with Crippen LogP contribution in [0.15, 0.2) is 4.99 Å². The zero-order chi connectivity index (χ0) is 12.4. The first-order valence-corrected chi connectivity index (χ1v) is 4.75. The SMILES string of the molecule is C/N=C(/NCC1CCOC1)N[N+](=O)[O-].NN. The Morgan fingerprint density at radius 1 is 1.69 bits per heavy atom. The molecule has 9 heteroatoms. The summed E-state index contributed by atoms with van der Waals surface area (Å²) < 4.78 is 5.17. The number of hydrazine groups is 2. The van der Waals surface area contributed by atoms with E-state index >= 15 is 0 Å². The Bertz CT molecular complexity index is 228. The normalized spacial score (nSPS) is 19.7. The fraction of sp³-hybridized carbons (Fsp3) is 0.857. The molecule has 94 valence electrons. The Morgan fingerprint density at radius 3 is 2.81 bits per heavy atom. The van der Waals surface area contributed by atoms with Gasteiger partial charge in [0.25, 0.3) is 5.96 Å². The fourth-order valence-electron chi connectivity index (χ4n) is 1.24. The van der Waals surface area contributed by atoms with Crippen molar-refractivity contribution in [2.75, 3.05) is 26.8 Å². The third-order valence-corrected chi connectivity index (χ3v) is 2.00. The monoisotopic (exact) mass is 234 g/mol. The Balaban J connectivity index is 0.00000106. The summed E-state index contributed by atoms with van der Waals surface area (Å²) in [5.74, 6) is 8.60. The van der Waals surface area contributed by atoms with Gasteiger partial charge < -0.3 is 10.1 Å². The van der Waals surface area contributed by atoms with Gasteiger partial charge in [-0.2, -0.15) is 0 Å². The number of nitrogens with two attached hydrogens (primary N) is 2. The van der Waals surface area contributed by atoms with Gasteiger partial charge in [0, 0.05) is 26.1 Å². The highest BCUT2D eigenvalue weighted by Gasteiger charge is 2.16. The van der Waals surface area contributed by atoms with Crippen LogP contribution in [-0.2, 0) is 4.74 Å². The molecule has 0 bridgehead atoms. The van der Waals surface area contributed by atoms with Crippen molar-refractivity contribution in [3.05, 3.63) is 10.1 Å². The molecule has 0 spiro atoms. The molecule has 0 aliphatic carbocycles. The van der Waals surface area contributed by atoms with Crippen LogP contribution in [0.3, 0.4) is 0 Å². The molecule has 1 atom stereocenters. The number of aliphatic imine (C=N–C) groups is 1. The fourth-order valence-corrected chi connectivity index (χ4v) is 1.24. The second-order valence-corrected chi connectivity index (χ2v) is 3.05. The highest BCUT2D eigenvalue weighted by atomic mass is 16.7. The average Bonchev–Trinajstić information content (AvgIpc) is 2.79. The van der Waals surface area contributed by atoms with Crippen molar-refractivity contribution in [1.82, 2.24) is 10.7 Å². The maximum absolute atomic E-state index is 10.1. The second-order valence-electron chi connectivity index (χ2n) is 3.05. The molecule has 0 aromatic carbocycles. The Morgan fingerprint density at radius 2 is 2.38 bits per heavy atom. The Hall–Kier alpha value is -1.45. The van der Waals surface area contributed by atoms with Gasteiger partial charge in [0.05, 0.1) is 6.61 Å². The summed E-state index contributed by atoms with van der Waals surface area (Å²) in [5, 5.41) is 12.3. The van der Waals surface area contributed by atoms with Gasteiger partial charge in [0.15, 0.2) is 5.03 Å². The second kappa shape index (κ2) is 8.83. The minimum Gasteiger partial charge on any atom is -0.381 e. The van der Waals surface area contributed by atoms with Crippen molar-refractivity contribution in [3.63, 3.8) is 0 Å². The smallest absolute Gasteiger partial charge is 0.253 e. The predicted octanol–water partition coefficient (Wildman–Crippen LogP) is -1.80. The van der Waals surface area contributed by atoms with E-state index in [1.807, 2.05) is 5.43 Å². The number of guanidine groups is 1. The Labute approximate surface area is 93.3 Å². The molecular formula is C7H18N6O3. The van der Waals surface area contributed by atoms with E-state index in [0.29, 0.717) is 19.1 Å². The number of hydrogen-bond donors (Lipinski definition) is 4. The number of rotatable bonds is 3. The predicted molar refractivity (Wildman–Crippen MR) is 58.8 cm³/mol. The van der Waals surface area contributed by atoms with E-state index in [-0.39, 0.29) is 5.96 Å². The van der Waals surface area contributed by atoms with Crippen molar-refractivity contribution >= 4 is 5.96 Å². The van der Waals surface area contributed by atoms with Crippen LogP contribution >= 0.6 is 0 Å². The molecule has 0 radical (unpaired) electrons. The first kappa shape index (κ1) is 14.6. The van der Waals surface area contributed by atoms with Crippen molar-refractivity contribution in [3.8, 4) is 0 Å². The summed E-state index contributed by atoms with van der Waals surface area (Å²) in [6.07, 6.45) is 0.989. The highest BCUT2D eigenvalue weighted by molar-refractivity contribution is 5.78. The number of ether oxygens (including phenoxy) is 1.